The number of carbonyl (C=O) groups is 1. The lowest BCUT2D eigenvalue weighted by molar-refractivity contribution is -0.130. The molecule has 0 aliphatic heterocycles. The Bertz CT molecular complexity index is 643. The molecule has 0 N–H and O–H groups in total. The molecule has 0 unspecified atom stereocenters. The number of rotatable bonds is 8. The van der Waals surface area contributed by atoms with Gasteiger partial charge < -0.3 is 9.64 Å². The van der Waals surface area contributed by atoms with E-state index in [4.69, 9.17) is 16.3 Å². The summed E-state index contributed by atoms with van der Waals surface area (Å²) in [5.41, 5.74) is 1.10. The van der Waals surface area contributed by atoms with Crippen molar-refractivity contribution >= 4 is 29.3 Å². The highest BCUT2D eigenvalue weighted by Gasteiger charge is 2.09. The summed E-state index contributed by atoms with van der Waals surface area (Å²) in [4.78, 5) is 15.2. The highest BCUT2D eigenvalue weighted by molar-refractivity contribution is 7.99. The van der Waals surface area contributed by atoms with Crippen molar-refractivity contribution in [3.63, 3.8) is 0 Å². The van der Waals surface area contributed by atoms with Crippen molar-refractivity contribution in [3.05, 3.63) is 59.1 Å². The third kappa shape index (κ3) is 6.10. The summed E-state index contributed by atoms with van der Waals surface area (Å²) in [6.07, 6.45) is 1.42. The Morgan fingerprint density at radius 1 is 1.12 bits per heavy atom. The average Bonchev–Trinajstić information content (AvgIpc) is 2.60. The molecule has 0 radical (unpaired) electrons. The number of hydrogen-bond acceptors (Lipinski definition) is 3. The largest absolute Gasteiger partial charge is 0.497 e. The van der Waals surface area contributed by atoms with Crippen LogP contribution in [0.3, 0.4) is 0 Å². The van der Waals surface area contributed by atoms with Gasteiger partial charge in [-0.05, 0) is 54.1 Å². The Kier molecular flexibility index (Phi) is 7.47. The van der Waals surface area contributed by atoms with Crippen LogP contribution in [-0.4, -0.2) is 30.7 Å². The fraction of sp³-hybridized carbons (Fsp3) is 0.316. The van der Waals surface area contributed by atoms with E-state index in [1.54, 1.807) is 23.8 Å². The fourth-order valence-corrected chi connectivity index (χ4v) is 3.21. The van der Waals surface area contributed by atoms with E-state index in [1.165, 1.54) is 4.90 Å². The lowest BCUT2D eigenvalue weighted by Crippen LogP contribution is -2.25. The minimum atomic E-state index is 0.169. The third-order valence-corrected chi connectivity index (χ3v) is 4.97. The second-order valence-corrected chi connectivity index (χ2v) is 7.11. The molecule has 1 amide bonds. The number of nitrogens with zero attached hydrogens (tertiary/aromatic N) is 1. The molecule has 0 saturated heterocycles. The normalized spacial score (nSPS) is 10.5. The van der Waals surface area contributed by atoms with E-state index >= 15 is 0 Å². The molecule has 24 heavy (non-hydrogen) atoms. The highest BCUT2D eigenvalue weighted by atomic mass is 35.5. The van der Waals surface area contributed by atoms with Gasteiger partial charge in [-0.2, -0.15) is 0 Å². The molecule has 5 heteroatoms. The van der Waals surface area contributed by atoms with Crippen LogP contribution in [0.15, 0.2) is 53.4 Å². The zero-order chi connectivity index (χ0) is 17.4. The van der Waals surface area contributed by atoms with Crippen molar-refractivity contribution in [2.24, 2.45) is 0 Å². The van der Waals surface area contributed by atoms with E-state index in [1.807, 2.05) is 55.6 Å². The van der Waals surface area contributed by atoms with Gasteiger partial charge in [0, 0.05) is 29.9 Å². The van der Waals surface area contributed by atoms with E-state index in [2.05, 4.69) is 0 Å². The molecular weight excluding hydrogens is 342 g/mol. The van der Waals surface area contributed by atoms with Gasteiger partial charge in [0.25, 0.3) is 0 Å². The van der Waals surface area contributed by atoms with E-state index in [0.717, 1.165) is 28.5 Å². The highest BCUT2D eigenvalue weighted by Crippen LogP contribution is 2.21. The molecule has 0 aliphatic carbocycles. The van der Waals surface area contributed by atoms with E-state index in [9.17, 15) is 4.79 Å². The van der Waals surface area contributed by atoms with Gasteiger partial charge in [-0.3, -0.25) is 4.79 Å². The minimum absolute atomic E-state index is 0.169. The number of carbonyl (C=O) groups excluding carboxylic acids is 1. The van der Waals surface area contributed by atoms with E-state index in [-0.39, 0.29) is 5.91 Å². The molecule has 2 rings (SSSR count). The summed E-state index contributed by atoms with van der Waals surface area (Å²) >= 11 is 7.61. The number of ether oxygens (including phenoxy) is 1. The SMILES string of the molecule is COc1ccc(CN(C)C(=O)CCCSc2ccc(Cl)cc2)cc1. The standard InChI is InChI=1S/C19H22ClNO2S/c1-21(14-15-5-9-17(23-2)10-6-15)19(22)4-3-13-24-18-11-7-16(20)8-12-18/h5-12H,3-4,13-14H2,1-2H3. The van der Waals surface area contributed by atoms with Crippen LogP contribution in [0.5, 0.6) is 5.75 Å². The van der Waals surface area contributed by atoms with Crippen molar-refractivity contribution in [1.29, 1.82) is 0 Å². The molecule has 3 nitrogen and oxygen atoms in total. The van der Waals surface area contributed by atoms with Crippen LogP contribution in [-0.2, 0) is 11.3 Å². The van der Waals surface area contributed by atoms with Crippen molar-refractivity contribution in [2.45, 2.75) is 24.3 Å². The van der Waals surface area contributed by atoms with Crippen LogP contribution in [0.4, 0.5) is 0 Å². The molecule has 0 aromatic heterocycles. The lowest BCUT2D eigenvalue weighted by Gasteiger charge is -2.17. The van der Waals surface area contributed by atoms with Crippen LogP contribution in [0.1, 0.15) is 18.4 Å². The zero-order valence-corrected chi connectivity index (χ0v) is 15.6. The quantitative estimate of drug-likeness (QED) is 0.494. The summed E-state index contributed by atoms with van der Waals surface area (Å²) in [7, 11) is 3.49. The molecular formula is C19H22ClNO2S. The van der Waals surface area contributed by atoms with Gasteiger partial charge in [-0.1, -0.05) is 23.7 Å². The summed E-state index contributed by atoms with van der Waals surface area (Å²) in [6, 6.07) is 15.6. The first-order valence-electron chi connectivity index (χ1n) is 7.84. The summed E-state index contributed by atoms with van der Waals surface area (Å²) in [5.74, 6) is 1.92. The number of halogens is 1. The van der Waals surface area contributed by atoms with Crippen molar-refractivity contribution in [2.75, 3.05) is 19.9 Å². The van der Waals surface area contributed by atoms with Crippen LogP contribution in [0.2, 0.25) is 5.02 Å². The van der Waals surface area contributed by atoms with Gasteiger partial charge in [0.15, 0.2) is 0 Å². The van der Waals surface area contributed by atoms with Gasteiger partial charge >= 0.3 is 0 Å². The zero-order valence-electron chi connectivity index (χ0n) is 14.0. The lowest BCUT2D eigenvalue weighted by atomic mass is 10.2. The first-order chi connectivity index (χ1) is 11.6. The topological polar surface area (TPSA) is 29.5 Å². The predicted molar refractivity (Wildman–Crippen MR) is 101 cm³/mol. The molecule has 0 saturated carbocycles. The molecule has 0 fully saturated rings. The Labute approximate surface area is 153 Å². The molecule has 2 aromatic carbocycles. The van der Waals surface area contributed by atoms with Gasteiger partial charge in [0.05, 0.1) is 7.11 Å². The molecule has 2 aromatic rings. The van der Waals surface area contributed by atoms with Gasteiger partial charge in [0.1, 0.15) is 5.75 Å². The minimum Gasteiger partial charge on any atom is -0.497 e. The molecule has 0 aliphatic rings. The van der Waals surface area contributed by atoms with Crippen LogP contribution in [0.25, 0.3) is 0 Å². The fourth-order valence-electron chi connectivity index (χ4n) is 2.23. The maximum Gasteiger partial charge on any atom is 0.222 e. The average molecular weight is 364 g/mol. The first-order valence-corrected chi connectivity index (χ1v) is 9.20. The second-order valence-electron chi connectivity index (χ2n) is 5.50. The summed E-state index contributed by atoms with van der Waals surface area (Å²) in [5, 5.41) is 0.745. The predicted octanol–water partition coefficient (Wildman–Crippen LogP) is 4.88. The molecule has 0 atom stereocenters. The maximum absolute atomic E-state index is 12.2. The Balaban J connectivity index is 1.70. The van der Waals surface area contributed by atoms with Crippen molar-refractivity contribution < 1.29 is 9.53 Å². The van der Waals surface area contributed by atoms with E-state index in [0.29, 0.717) is 13.0 Å². The first kappa shape index (κ1) is 18.7. The Morgan fingerprint density at radius 2 is 1.79 bits per heavy atom. The third-order valence-electron chi connectivity index (χ3n) is 3.62. The molecule has 0 heterocycles. The van der Waals surface area contributed by atoms with Crippen molar-refractivity contribution in [1.82, 2.24) is 4.90 Å². The molecule has 128 valence electrons. The number of benzene rings is 2. The number of thioether (sulfide) groups is 1. The molecule has 0 bridgehead atoms. The smallest absolute Gasteiger partial charge is 0.222 e. The van der Waals surface area contributed by atoms with Crippen molar-refractivity contribution in [3.8, 4) is 5.75 Å². The number of hydrogen-bond donors (Lipinski definition) is 0. The van der Waals surface area contributed by atoms with Crippen LogP contribution < -0.4 is 4.74 Å². The second kappa shape index (κ2) is 9.60. The maximum atomic E-state index is 12.2. The summed E-state index contributed by atoms with van der Waals surface area (Å²) < 4.78 is 5.14. The number of methoxy groups -OCH3 is 1. The van der Waals surface area contributed by atoms with E-state index < -0.39 is 0 Å². The van der Waals surface area contributed by atoms with Crippen LogP contribution in [0, 0.1) is 0 Å². The summed E-state index contributed by atoms with van der Waals surface area (Å²) in [6.45, 7) is 0.618. The van der Waals surface area contributed by atoms with Gasteiger partial charge in [-0.25, -0.2) is 0 Å². The number of amides is 1. The Hall–Kier alpha value is -1.65. The molecule has 0 spiro atoms. The van der Waals surface area contributed by atoms with Gasteiger partial charge in [0.2, 0.25) is 5.91 Å². The van der Waals surface area contributed by atoms with Gasteiger partial charge in [-0.15, -0.1) is 11.8 Å². The van der Waals surface area contributed by atoms with Crippen LogP contribution >= 0.6 is 23.4 Å². The Morgan fingerprint density at radius 3 is 2.42 bits per heavy atom. The monoisotopic (exact) mass is 363 g/mol.